The first-order valence-corrected chi connectivity index (χ1v) is 5.72. The van der Waals surface area contributed by atoms with Crippen LogP contribution in [0.3, 0.4) is 0 Å². The third-order valence-corrected chi connectivity index (χ3v) is 3.16. The summed E-state index contributed by atoms with van der Waals surface area (Å²) >= 11 is 0. The van der Waals surface area contributed by atoms with E-state index in [1.165, 1.54) is 6.54 Å². The van der Waals surface area contributed by atoms with Crippen LogP contribution in [0.25, 0.3) is 0 Å². The molecular weight excluding hydrogens is 172 g/mol. The second kappa shape index (κ2) is 3.82. The summed E-state index contributed by atoms with van der Waals surface area (Å²) in [6, 6.07) is 0.629. The lowest BCUT2D eigenvalue weighted by Gasteiger charge is -2.42. The first kappa shape index (κ1) is 12.0. The molecule has 1 rings (SSSR count). The lowest BCUT2D eigenvalue weighted by atomic mass is 9.91. The fourth-order valence-electron chi connectivity index (χ4n) is 2.42. The highest BCUT2D eigenvalue weighted by molar-refractivity contribution is 4.93. The van der Waals surface area contributed by atoms with Crippen LogP contribution >= 0.6 is 0 Å². The summed E-state index contributed by atoms with van der Waals surface area (Å²) in [7, 11) is 0. The van der Waals surface area contributed by atoms with Gasteiger partial charge in [0.25, 0.3) is 0 Å². The van der Waals surface area contributed by atoms with Crippen LogP contribution in [0.1, 0.15) is 41.5 Å². The van der Waals surface area contributed by atoms with E-state index >= 15 is 0 Å². The monoisotopic (exact) mass is 198 g/mol. The summed E-state index contributed by atoms with van der Waals surface area (Å²) < 4.78 is 0. The maximum absolute atomic E-state index is 3.57. The third-order valence-electron chi connectivity index (χ3n) is 3.16. The fraction of sp³-hybridized carbons (Fsp3) is 1.00. The molecule has 1 saturated heterocycles. The molecule has 0 aromatic carbocycles. The maximum atomic E-state index is 3.57. The predicted molar refractivity (Wildman–Crippen MR) is 62.6 cm³/mol. The van der Waals surface area contributed by atoms with E-state index in [1.54, 1.807) is 0 Å². The third kappa shape index (κ3) is 2.71. The van der Waals surface area contributed by atoms with Gasteiger partial charge in [-0.1, -0.05) is 13.8 Å². The summed E-state index contributed by atoms with van der Waals surface area (Å²) in [6.07, 6.45) is 0. The smallest absolute Gasteiger partial charge is 0.0280 e. The lowest BCUT2D eigenvalue weighted by molar-refractivity contribution is 0.0676. The van der Waals surface area contributed by atoms with Crippen molar-refractivity contribution in [2.75, 3.05) is 19.6 Å². The molecule has 2 nitrogen and oxygen atoms in total. The fourth-order valence-corrected chi connectivity index (χ4v) is 2.42. The summed E-state index contributed by atoms with van der Waals surface area (Å²) in [4.78, 5) is 2.62. The predicted octanol–water partition coefficient (Wildman–Crippen LogP) is 2.10. The molecule has 0 aliphatic carbocycles. The number of hydrogen-bond donors (Lipinski definition) is 1. The van der Waals surface area contributed by atoms with Crippen molar-refractivity contribution in [1.29, 1.82) is 0 Å². The Balaban J connectivity index is 2.83. The molecule has 0 saturated carbocycles. The van der Waals surface area contributed by atoms with Crippen LogP contribution in [-0.4, -0.2) is 36.1 Å². The zero-order valence-corrected chi connectivity index (χ0v) is 10.6. The Hall–Kier alpha value is -0.0800. The average Bonchev–Trinajstić information content (AvgIpc) is 2.07. The van der Waals surface area contributed by atoms with Crippen molar-refractivity contribution >= 4 is 0 Å². The van der Waals surface area contributed by atoms with Crippen molar-refractivity contribution < 1.29 is 0 Å². The Labute approximate surface area is 89.1 Å². The minimum atomic E-state index is 0.280. The molecular formula is C12H26N2. The van der Waals surface area contributed by atoms with Crippen molar-refractivity contribution in [1.82, 2.24) is 10.2 Å². The van der Waals surface area contributed by atoms with E-state index in [0.717, 1.165) is 13.1 Å². The van der Waals surface area contributed by atoms with Gasteiger partial charge in [0.1, 0.15) is 0 Å². The SMILES string of the molecule is CC(C)N1CC(C)(C)CNCC1(C)C. The van der Waals surface area contributed by atoms with E-state index in [9.17, 15) is 0 Å². The minimum Gasteiger partial charge on any atom is -0.314 e. The second-order valence-corrected chi connectivity index (χ2v) is 6.30. The van der Waals surface area contributed by atoms with Gasteiger partial charge in [0.15, 0.2) is 0 Å². The largest absolute Gasteiger partial charge is 0.314 e. The van der Waals surface area contributed by atoms with E-state index in [1.807, 2.05) is 0 Å². The molecule has 0 aromatic rings. The van der Waals surface area contributed by atoms with Gasteiger partial charge in [-0.15, -0.1) is 0 Å². The molecule has 14 heavy (non-hydrogen) atoms. The van der Waals surface area contributed by atoms with Crippen LogP contribution in [0.4, 0.5) is 0 Å². The highest BCUT2D eigenvalue weighted by Crippen LogP contribution is 2.27. The van der Waals surface area contributed by atoms with Crippen LogP contribution in [0.5, 0.6) is 0 Å². The van der Waals surface area contributed by atoms with Crippen LogP contribution in [0, 0.1) is 5.41 Å². The second-order valence-electron chi connectivity index (χ2n) is 6.30. The molecule has 0 radical (unpaired) electrons. The van der Waals surface area contributed by atoms with Gasteiger partial charge in [-0.3, -0.25) is 4.90 Å². The van der Waals surface area contributed by atoms with Gasteiger partial charge in [0, 0.05) is 31.2 Å². The highest BCUT2D eigenvalue weighted by Gasteiger charge is 2.36. The van der Waals surface area contributed by atoms with Crippen molar-refractivity contribution in [2.45, 2.75) is 53.1 Å². The van der Waals surface area contributed by atoms with Crippen molar-refractivity contribution in [3.8, 4) is 0 Å². The van der Waals surface area contributed by atoms with E-state index in [4.69, 9.17) is 0 Å². The van der Waals surface area contributed by atoms with Gasteiger partial charge < -0.3 is 5.32 Å². The molecule has 0 spiro atoms. The van der Waals surface area contributed by atoms with E-state index < -0.39 is 0 Å². The van der Waals surface area contributed by atoms with E-state index in [-0.39, 0.29) is 5.54 Å². The number of hydrogen-bond acceptors (Lipinski definition) is 2. The Morgan fingerprint density at radius 1 is 1.07 bits per heavy atom. The van der Waals surface area contributed by atoms with Gasteiger partial charge in [0.05, 0.1) is 0 Å². The lowest BCUT2D eigenvalue weighted by Crippen LogP contribution is -2.52. The molecule has 0 amide bonds. The normalized spacial score (nSPS) is 27.6. The van der Waals surface area contributed by atoms with Crippen LogP contribution < -0.4 is 5.32 Å². The zero-order chi connectivity index (χ0) is 11.0. The number of rotatable bonds is 1. The summed E-state index contributed by atoms with van der Waals surface area (Å²) in [5.41, 5.74) is 0.667. The van der Waals surface area contributed by atoms with Gasteiger partial charge >= 0.3 is 0 Å². The quantitative estimate of drug-likeness (QED) is 0.694. The molecule has 0 unspecified atom stereocenters. The maximum Gasteiger partial charge on any atom is 0.0280 e. The Kier molecular flexibility index (Phi) is 3.27. The van der Waals surface area contributed by atoms with Gasteiger partial charge in [-0.25, -0.2) is 0 Å². The Morgan fingerprint density at radius 2 is 1.64 bits per heavy atom. The van der Waals surface area contributed by atoms with Crippen molar-refractivity contribution in [3.63, 3.8) is 0 Å². The molecule has 0 aromatic heterocycles. The average molecular weight is 198 g/mol. The molecule has 1 heterocycles. The molecule has 0 bridgehead atoms. The summed E-state index contributed by atoms with van der Waals surface area (Å²) in [6.45, 7) is 17.3. The zero-order valence-electron chi connectivity index (χ0n) is 10.6. The number of nitrogens with one attached hydrogen (secondary N) is 1. The summed E-state index contributed by atoms with van der Waals surface area (Å²) in [5, 5.41) is 3.57. The van der Waals surface area contributed by atoms with Gasteiger partial charge in [0.2, 0.25) is 0 Å². The van der Waals surface area contributed by atoms with Crippen LogP contribution in [0.2, 0.25) is 0 Å². The molecule has 1 aliphatic rings. The first-order valence-electron chi connectivity index (χ1n) is 5.72. The number of nitrogens with zero attached hydrogens (tertiary/aromatic N) is 1. The van der Waals surface area contributed by atoms with E-state index in [0.29, 0.717) is 11.5 Å². The summed E-state index contributed by atoms with van der Waals surface area (Å²) in [5.74, 6) is 0. The van der Waals surface area contributed by atoms with Crippen LogP contribution in [-0.2, 0) is 0 Å². The first-order chi connectivity index (χ1) is 6.25. The molecule has 1 fully saturated rings. The van der Waals surface area contributed by atoms with Crippen molar-refractivity contribution in [2.24, 2.45) is 5.41 Å². The van der Waals surface area contributed by atoms with Gasteiger partial charge in [-0.05, 0) is 33.1 Å². The van der Waals surface area contributed by atoms with Crippen molar-refractivity contribution in [3.05, 3.63) is 0 Å². The van der Waals surface area contributed by atoms with Gasteiger partial charge in [-0.2, -0.15) is 0 Å². The molecule has 0 atom stereocenters. The standard InChI is InChI=1S/C12H26N2/c1-10(2)14-9-11(3,4)7-13-8-12(14,5)6/h10,13H,7-9H2,1-6H3. The topological polar surface area (TPSA) is 15.3 Å². The minimum absolute atomic E-state index is 0.280. The molecule has 84 valence electrons. The Bertz CT molecular complexity index is 194. The Morgan fingerprint density at radius 3 is 2.14 bits per heavy atom. The highest BCUT2D eigenvalue weighted by atomic mass is 15.2. The van der Waals surface area contributed by atoms with E-state index in [2.05, 4.69) is 51.8 Å². The molecule has 1 N–H and O–H groups in total. The molecule has 1 aliphatic heterocycles. The molecule has 2 heteroatoms. The van der Waals surface area contributed by atoms with Crippen LogP contribution in [0.15, 0.2) is 0 Å².